The minimum Gasteiger partial charge on any atom is -0.384 e. The average Bonchev–Trinajstić information content (AvgIpc) is 2.30. The Morgan fingerprint density at radius 3 is 2.85 bits per heavy atom. The molecule has 1 atom stereocenters. The van der Waals surface area contributed by atoms with Crippen LogP contribution in [0.4, 0.5) is 5.95 Å². The molecule has 0 amide bonds. The lowest BCUT2D eigenvalue weighted by molar-refractivity contribution is 0.152. The number of aromatic nitrogens is 2. The lowest BCUT2D eigenvalue weighted by atomic mass is 10.2. The van der Waals surface area contributed by atoms with Crippen LogP contribution in [0.25, 0.3) is 0 Å². The van der Waals surface area contributed by atoms with E-state index in [4.69, 9.17) is 10.5 Å². The van der Waals surface area contributed by atoms with Gasteiger partial charge in [0.05, 0.1) is 12.3 Å². The molecule has 4 nitrogen and oxygen atoms in total. The first kappa shape index (κ1) is 10.1. The topological polar surface area (TPSA) is 53.1 Å². The minimum absolute atomic E-state index is 0.459. The van der Waals surface area contributed by atoms with Gasteiger partial charge in [0.2, 0.25) is 0 Å². The van der Waals surface area contributed by atoms with E-state index in [0.717, 1.165) is 18.8 Å². The lowest BCUT2D eigenvalue weighted by Crippen LogP contribution is -2.13. The summed E-state index contributed by atoms with van der Waals surface area (Å²) in [4.78, 5) is 4.12. The smallest absolute Gasteiger partial charge is 0.200 e. The van der Waals surface area contributed by atoms with Crippen molar-refractivity contribution in [3.63, 3.8) is 0 Å². The molecule has 0 aliphatic rings. The zero-order valence-electron chi connectivity index (χ0n) is 8.45. The third-order valence-electron chi connectivity index (χ3n) is 1.89. The van der Waals surface area contributed by atoms with Crippen LogP contribution < -0.4 is 5.73 Å². The molecule has 0 aliphatic carbocycles. The van der Waals surface area contributed by atoms with Gasteiger partial charge in [0, 0.05) is 19.9 Å². The lowest BCUT2D eigenvalue weighted by Gasteiger charge is -2.11. The zero-order chi connectivity index (χ0) is 9.84. The Morgan fingerprint density at radius 2 is 2.38 bits per heavy atom. The Morgan fingerprint density at radius 1 is 1.69 bits per heavy atom. The molecule has 0 aliphatic heterocycles. The Hall–Kier alpha value is -1.03. The van der Waals surface area contributed by atoms with E-state index in [9.17, 15) is 0 Å². The van der Waals surface area contributed by atoms with Crippen LogP contribution in [0.5, 0.6) is 0 Å². The fraction of sp³-hybridized carbons (Fsp3) is 0.667. The van der Waals surface area contributed by atoms with Gasteiger partial charge in [-0.2, -0.15) is 0 Å². The first-order chi connectivity index (χ1) is 6.13. The molecule has 1 aromatic heterocycles. The van der Waals surface area contributed by atoms with Crippen molar-refractivity contribution in [2.24, 2.45) is 5.92 Å². The van der Waals surface area contributed by atoms with Crippen molar-refractivity contribution in [1.29, 1.82) is 0 Å². The molecule has 0 saturated heterocycles. The van der Waals surface area contributed by atoms with Gasteiger partial charge in [-0.05, 0) is 12.8 Å². The molecule has 0 aromatic carbocycles. The molecule has 4 heteroatoms. The van der Waals surface area contributed by atoms with E-state index in [1.807, 2.05) is 17.7 Å². The highest BCUT2D eigenvalue weighted by Gasteiger charge is 2.06. The molecular weight excluding hydrogens is 166 g/mol. The number of hydrogen-bond donors (Lipinski definition) is 1. The SMILES string of the molecule is COCC(C)Cn1cc(C)nc1N. The number of ether oxygens (including phenoxy) is 1. The maximum atomic E-state index is 5.70. The summed E-state index contributed by atoms with van der Waals surface area (Å²) < 4.78 is 7.01. The number of methoxy groups -OCH3 is 1. The maximum Gasteiger partial charge on any atom is 0.200 e. The predicted molar refractivity (Wildman–Crippen MR) is 52.4 cm³/mol. The Labute approximate surface area is 78.7 Å². The second-order valence-corrected chi connectivity index (χ2v) is 3.45. The number of hydrogen-bond acceptors (Lipinski definition) is 3. The van der Waals surface area contributed by atoms with E-state index in [1.54, 1.807) is 7.11 Å². The largest absolute Gasteiger partial charge is 0.384 e. The number of nitrogens with two attached hydrogens (primary N) is 1. The van der Waals surface area contributed by atoms with Crippen molar-refractivity contribution >= 4 is 5.95 Å². The van der Waals surface area contributed by atoms with E-state index in [1.165, 1.54) is 0 Å². The molecule has 0 bridgehead atoms. The number of rotatable bonds is 4. The third-order valence-corrected chi connectivity index (χ3v) is 1.89. The van der Waals surface area contributed by atoms with E-state index in [2.05, 4.69) is 11.9 Å². The summed E-state index contributed by atoms with van der Waals surface area (Å²) in [5.74, 6) is 1.04. The fourth-order valence-electron chi connectivity index (χ4n) is 1.38. The van der Waals surface area contributed by atoms with Gasteiger partial charge in [-0.15, -0.1) is 0 Å². The van der Waals surface area contributed by atoms with E-state index in [0.29, 0.717) is 11.9 Å². The second-order valence-electron chi connectivity index (χ2n) is 3.45. The summed E-state index contributed by atoms with van der Waals surface area (Å²) in [5, 5.41) is 0. The van der Waals surface area contributed by atoms with Crippen LogP contribution in [0.15, 0.2) is 6.20 Å². The molecule has 0 radical (unpaired) electrons. The van der Waals surface area contributed by atoms with Crippen molar-refractivity contribution in [1.82, 2.24) is 9.55 Å². The van der Waals surface area contributed by atoms with Crippen LogP contribution in [0, 0.1) is 12.8 Å². The quantitative estimate of drug-likeness (QED) is 0.759. The molecule has 0 saturated carbocycles. The standard InChI is InChI=1S/C9H17N3O/c1-7(6-13-3)4-12-5-8(2)11-9(12)10/h5,7H,4,6H2,1-3H3,(H2,10,11). The van der Waals surface area contributed by atoms with Gasteiger partial charge < -0.3 is 15.0 Å². The van der Waals surface area contributed by atoms with E-state index in [-0.39, 0.29) is 0 Å². The van der Waals surface area contributed by atoms with Crippen LogP contribution >= 0.6 is 0 Å². The fourth-order valence-corrected chi connectivity index (χ4v) is 1.38. The van der Waals surface area contributed by atoms with Crippen LogP contribution in [0.2, 0.25) is 0 Å². The molecule has 13 heavy (non-hydrogen) atoms. The molecule has 0 spiro atoms. The Bertz CT molecular complexity index is 270. The molecule has 1 rings (SSSR count). The third kappa shape index (κ3) is 2.73. The van der Waals surface area contributed by atoms with Crippen molar-refractivity contribution in [3.05, 3.63) is 11.9 Å². The highest BCUT2D eigenvalue weighted by Crippen LogP contribution is 2.08. The van der Waals surface area contributed by atoms with Crippen molar-refractivity contribution in [2.45, 2.75) is 20.4 Å². The number of imidazole rings is 1. The summed E-state index contributed by atoms with van der Waals surface area (Å²) in [6.07, 6.45) is 1.96. The maximum absolute atomic E-state index is 5.70. The number of nitrogens with zero attached hydrogens (tertiary/aromatic N) is 2. The van der Waals surface area contributed by atoms with Crippen LogP contribution in [0.3, 0.4) is 0 Å². The van der Waals surface area contributed by atoms with Gasteiger partial charge in [-0.3, -0.25) is 0 Å². The van der Waals surface area contributed by atoms with Gasteiger partial charge in [0.1, 0.15) is 0 Å². The van der Waals surface area contributed by atoms with Gasteiger partial charge >= 0.3 is 0 Å². The molecule has 1 unspecified atom stereocenters. The van der Waals surface area contributed by atoms with Gasteiger partial charge in [0.25, 0.3) is 0 Å². The second kappa shape index (κ2) is 4.28. The normalized spacial score (nSPS) is 13.2. The summed E-state index contributed by atoms with van der Waals surface area (Å²) in [6, 6.07) is 0. The monoisotopic (exact) mass is 183 g/mol. The summed E-state index contributed by atoms with van der Waals surface area (Å²) in [5.41, 5.74) is 6.66. The number of aryl methyl sites for hydroxylation is 1. The molecule has 1 aromatic rings. The first-order valence-corrected chi connectivity index (χ1v) is 4.41. The van der Waals surface area contributed by atoms with E-state index >= 15 is 0 Å². The summed E-state index contributed by atoms with van der Waals surface area (Å²) in [6.45, 7) is 5.67. The van der Waals surface area contributed by atoms with Crippen molar-refractivity contribution < 1.29 is 4.74 Å². The molecule has 2 N–H and O–H groups in total. The Balaban J connectivity index is 2.57. The molecule has 1 heterocycles. The molecular formula is C9H17N3O. The van der Waals surface area contributed by atoms with Crippen LogP contribution in [-0.2, 0) is 11.3 Å². The average molecular weight is 183 g/mol. The van der Waals surface area contributed by atoms with Gasteiger partial charge in [0.15, 0.2) is 5.95 Å². The Kier molecular flexibility index (Phi) is 3.31. The van der Waals surface area contributed by atoms with E-state index < -0.39 is 0 Å². The van der Waals surface area contributed by atoms with Gasteiger partial charge in [-0.25, -0.2) is 4.98 Å². The summed E-state index contributed by atoms with van der Waals surface area (Å²) in [7, 11) is 1.71. The molecule has 74 valence electrons. The van der Waals surface area contributed by atoms with Crippen molar-refractivity contribution in [3.8, 4) is 0 Å². The predicted octanol–water partition coefficient (Wildman–Crippen LogP) is 1.06. The number of anilines is 1. The van der Waals surface area contributed by atoms with Crippen LogP contribution in [-0.4, -0.2) is 23.3 Å². The highest BCUT2D eigenvalue weighted by atomic mass is 16.5. The molecule has 0 fully saturated rings. The number of nitrogen functional groups attached to an aromatic ring is 1. The zero-order valence-corrected chi connectivity index (χ0v) is 8.45. The first-order valence-electron chi connectivity index (χ1n) is 4.41. The highest BCUT2D eigenvalue weighted by molar-refractivity contribution is 5.21. The van der Waals surface area contributed by atoms with Crippen molar-refractivity contribution in [2.75, 3.05) is 19.5 Å². The minimum atomic E-state index is 0.459. The van der Waals surface area contributed by atoms with Crippen LogP contribution in [0.1, 0.15) is 12.6 Å². The summed E-state index contributed by atoms with van der Waals surface area (Å²) >= 11 is 0. The van der Waals surface area contributed by atoms with Gasteiger partial charge in [-0.1, -0.05) is 6.92 Å².